The number of carboxylic acids is 1. The zero-order valence-corrected chi connectivity index (χ0v) is 15.9. The van der Waals surface area contributed by atoms with E-state index < -0.39 is 16.0 Å². The molecule has 1 fully saturated rings. The highest BCUT2D eigenvalue weighted by Crippen LogP contribution is 2.32. The first kappa shape index (κ1) is 17.7. The number of fused-ring (bicyclic) bond motifs is 1. The highest BCUT2D eigenvalue weighted by Gasteiger charge is 2.18. The lowest BCUT2D eigenvalue weighted by Gasteiger charge is -2.11. The molecule has 3 aromatic rings. The molecule has 140 valence electrons. The van der Waals surface area contributed by atoms with Gasteiger partial charge in [-0.3, -0.25) is 4.72 Å². The number of hydrogen-bond donors (Lipinski definition) is 2. The molecule has 7 nitrogen and oxygen atoms in total. The van der Waals surface area contributed by atoms with Crippen molar-refractivity contribution in [1.82, 2.24) is 4.98 Å². The van der Waals surface area contributed by atoms with Gasteiger partial charge in [0.05, 0.1) is 26.4 Å². The van der Waals surface area contributed by atoms with Crippen LogP contribution in [0.4, 0.5) is 10.8 Å². The minimum absolute atomic E-state index is 0.00894. The molecular weight excluding hydrogens is 386 g/mol. The molecule has 1 aromatic heterocycles. The Kier molecular flexibility index (Phi) is 4.48. The van der Waals surface area contributed by atoms with Gasteiger partial charge in [-0.05, 0) is 55.3 Å². The van der Waals surface area contributed by atoms with E-state index in [4.69, 9.17) is 5.11 Å². The van der Waals surface area contributed by atoms with Crippen molar-refractivity contribution in [2.45, 2.75) is 17.7 Å². The summed E-state index contributed by atoms with van der Waals surface area (Å²) in [5, 5.41) is 9.89. The molecule has 2 aromatic carbocycles. The predicted octanol–water partition coefficient (Wildman–Crippen LogP) is 3.40. The number of nitrogens with one attached hydrogen (secondary N) is 1. The van der Waals surface area contributed by atoms with Gasteiger partial charge in [0.1, 0.15) is 0 Å². The molecule has 1 aliphatic rings. The summed E-state index contributed by atoms with van der Waals surface area (Å²) in [6, 6.07) is 10.4. The summed E-state index contributed by atoms with van der Waals surface area (Å²) in [6.07, 6.45) is 2.34. The third kappa shape index (κ3) is 3.60. The zero-order chi connectivity index (χ0) is 19.0. The first-order valence-electron chi connectivity index (χ1n) is 8.44. The van der Waals surface area contributed by atoms with Crippen LogP contribution in [0.3, 0.4) is 0 Å². The summed E-state index contributed by atoms with van der Waals surface area (Å²) in [7, 11) is -3.80. The molecule has 27 heavy (non-hydrogen) atoms. The number of nitrogens with zero attached hydrogens (tertiary/aromatic N) is 2. The lowest BCUT2D eigenvalue weighted by molar-refractivity contribution is 0.0696. The van der Waals surface area contributed by atoms with Gasteiger partial charge < -0.3 is 10.0 Å². The second-order valence-electron chi connectivity index (χ2n) is 6.31. The Balaban J connectivity index is 1.59. The van der Waals surface area contributed by atoms with Crippen LogP contribution in [-0.4, -0.2) is 37.6 Å². The van der Waals surface area contributed by atoms with E-state index >= 15 is 0 Å². The van der Waals surface area contributed by atoms with Gasteiger partial charge in [0.2, 0.25) is 0 Å². The molecular formula is C18H17N3O4S2. The van der Waals surface area contributed by atoms with Gasteiger partial charge in [-0.2, -0.15) is 0 Å². The normalized spacial score (nSPS) is 14.6. The zero-order valence-electron chi connectivity index (χ0n) is 14.3. The van der Waals surface area contributed by atoms with Crippen molar-refractivity contribution < 1.29 is 18.3 Å². The van der Waals surface area contributed by atoms with E-state index in [1.807, 2.05) is 0 Å². The van der Waals surface area contributed by atoms with Crippen molar-refractivity contribution in [2.24, 2.45) is 0 Å². The molecule has 9 heteroatoms. The summed E-state index contributed by atoms with van der Waals surface area (Å²) in [5.41, 5.74) is 1.33. The molecule has 0 spiro atoms. The molecule has 0 radical (unpaired) electrons. The van der Waals surface area contributed by atoms with Crippen LogP contribution in [0, 0.1) is 0 Å². The number of carbonyl (C=O) groups is 1. The lowest BCUT2D eigenvalue weighted by atomic mass is 10.2. The van der Waals surface area contributed by atoms with Gasteiger partial charge in [-0.25, -0.2) is 18.2 Å². The second-order valence-corrected chi connectivity index (χ2v) is 9.00. The lowest BCUT2D eigenvalue weighted by Crippen LogP contribution is -2.16. The highest BCUT2D eigenvalue weighted by atomic mass is 32.2. The monoisotopic (exact) mass is 403 g/mol. The number of sulfonamides is 1. The van der Waals surface area contributed by atoms with E-state index in [0.29, 0.717) is 5.69 Å². The maximum absolute atomic E-state index is 12.6. The maximum Gasteiger partial charge on any atom is 0.335 e. The molecule has 1 aliphatic heterocycles. The van der Waals surface area contributed by atoms with E-state index in [2.05, 4.69) is 14.6 Å². The molecule has 2 N–H and O–H groups in total. The number of aromatic carboxylic acids is 1. The van der Waals surface area contributed by atoms with Crippen LogP contribution in [0.1, 0.15) is 23.2 Å². The van der Waals surface area contributed by atoms with Crippen LogP contribution in [0.5, 0.6) is 0 Å². The van der Waals surface area contributed by atoms with Gasteiger partial charge in [0.15, 0.2) is 5.13 Å². The van der Waals surface area contributed by atoms with Gasteiger partial charge in [-0.1, -0.05) is 11.3 Å². The Morgan fingerprint density at radius 1 is 1.11 bits per heavy atom. The Bertz CT molecular complexity index is 1100. The van der Waals surface area contributed by atoms with Crippen LogP contribution in [0.15, 0.2) is 47.4 Å². The van der Waals surface area contributed by atoms with Crippen LogP contribution in [0.2, 0.25) is 0 Å². The number of aromatic nitrogens is 1. The van der Waals surface area contributed by atoms with E-state index in [-0.39, 0.29) is 10.5 Å². The van der Waals surface area contributed by atoms with E-state index in [1.54, 1.807) is 29.5 Å². The maximum atomic E-state index is 12.6. The molecule has 0 amide bonds. The summed E-state index contributed by atoms with van der Waals surface area (Å²) in [4.78, 5) is 17.8. The number of benzene rings is 2. The predicted molar refractivity (Wildman–Crippen MR) is 105 cm³/mol. The molecule has 0 aliphatic carbocycles. The van der Waals surface area contributed by atoms with E-state index in [0.717, 1.165) is 28.4 Å². The smallest absolute Gasteiger partial charge is 0.335 e. The molecule has 4 rings (SSSR count). The molecule has 0 bridgehead atoms. The van der Waals surface area contributed by atoms with E-state index in [1.165, 1.54) is 37.1 Å². The summed E-state index contributed by atoms with van der Waals surface area (Å²) < 4.78 is 28.6. The Morgan fingerprint density at radius 3 is 2.48 bits per heavy atom. The topological polar surface area (TPSA) is 99.6 Å². The fourth-order valence-corrected chi connectivity index (χ4v) is 5.12. The number of rotatable bonds is 5. The fraction of sp³-hybridized carbons (Fsp3) is 0.222. The molecule has 2 heterocycles. The first-order valence-corrected chi connectivity index (χ1v) is 10.7. The van der Waals surface area contributed by atoms with Crippen LogP contribution >= 0.6 is 11.3 Å². The molecule has 0 saturated carbocycles. The third-order valence-corrected chi connectivity index (χ3v) is 6.89. The van der Waals surface area contributed by atoms with Crippen molar-refractivity contribution in [3.8, 4) is 0 Å². The van der Waals surface area contributed by atoms with Gasteiger partial charge in [0, 0.05) is 13.1 Å². The van der Waals surface area contributed by atoms with Crippen molar-refractivity contribution >= 4 is 48.4 Å². The first-order chi connectivity index (χ1) is 12.9. The van der Waals surface area contributed by atoms with Gasteiger partial charge >= 0.3 is 5.97 Å². The Labute approximate surface area is 160 Å². The fourth-order valence-electron chi connectivity index (χ4n) is 3.01. The second kappa shape index (κ2) is 6.82. The van der Waals surface area contributed by atoms with Gasteiger partial charge in [-0.15, -0.1) is 0 Å². The highest BCUT2D eigenvalue weighted by molar-refractivity contribution is 7.92. The SMILES string of the molecule is O=C(O)c1ccc(S(=O)(=O)Nc2ccc3nc(N4CCCC4)sc3c2)cc1. The summed E-state index contributed by atoms with van der Waals surface area (Å²) >= 11 is 1.55. The summed E-state index contributed by atoms with van der Waals surface area (Å²) in [5.74, 6) is -1.10. The average Bonchev–Trinajstić information content (AvgIpc) is 3.30. The quantitative estimate of drug-likeness (QED) is 0.677. The van der Waals surface area contributed by atoms with Crippen molar-refractivity contribution in [3.05, 3.63) is 48.0 Å². The molecule has 0 atom stereocenters. The number of thiazole rings is 1. The standard InChI is InChI=1S/C18H17N3O4S2/c22-17(23)12-3-6-14(7-4-12)27(24,25)20-13-5-8-15-16(11-13)26-18(19-15)21-9-1-2-10-21/h3-8,11,20H,1-2,9-10H2,(H,22,23). The summed E-state index contributed by atoms with van der Waals surface area (Å²) in [6.45, 7) is 2.01. The van der Waals surface area contributed by atoms with E-state index in [9.17, 15) is 13.2 Å². The van der Waals surface area contributed by atoms with Crippen molar-refractivity contribution in [1.29, 1.82) is 0 Å². The minimum Gasteiger partial charge on any atom is -0.478 e. The largest absolute Gasteiger partial charge is 0.478 e. The van der Waals surface area contributed by atoms with Crippen LogP contribution in [0.25, 0.3) is 10.2 Å². The van der Waals surface area contributed by atoms with Gasteiger partial charge in [0.25, 0.3) is 10.0 Å². The Morgan fingerprint density at radius 2 is 1.81 bits per heavy atom. The number of carboxylic acid groups (broad SMARTS) is 1. The Hall–Kier alpha value is -2.65. The third-order valence-electron chi connectivity index (χ3n) is 4.42. The van der Waals surface area contributed by atoms with Crippen molar-refractivity contribution in [2.75, 3.05) is 22.7 Å². The van der Waals surface area contributed by atoms with Crippen LogP contribution < -0.4 is 9.62 Å². The number of hydrogen-bond acceptors (Lipinski definition) is 6. The molecule has 0 unspecified atom stereocenters. The number of anilines is 2. The molecule has 1 saturated heterocycles. The average molecular weight is 403 g/mol. The van der Waals surface area contributed by atoms with Crippen LogP contribution in [-0.2, 0) is 10.0 Å². The minimum atomic E-state index is -3.80. The van der Waals surface area contributed by atoms with Crippen molar-refractivity contribution in [3.63, 3.8) is 0 Å².